The maximum absolute atomic E-state index is 13.2. The van der Waals surface area contributed by atoms with Crippen LogP contribution in [0.4, 0.5) is 4.39 Å². The first-order chi connectivity index (χ1) is 10.2. The van der Waals surface area contributed by atoms with Gasteiger partial charge in [0.15, 0.2) is 5.84 Å². The van der Waals surface area contributed by atoms with Gasteiger partial charge in [0.2, 0.25) is 0 Å². The molecule has 2 heterocycles. The summed E-state index contributed by atoms with van der Waals surface area (Å²) in [6.45, 7) is 0.494. The lowest BCUT2D eigenvalue weighted by Gasteiger charge is -2.07. The number of nitrogens with zero attached hydrogens (tertiary/aromatic N) is 3. The van der Waals surface area contributed by atoms with Crippen molar-refractivity contribution in [2.24, 2.45) is 10.9 Å². The van der Waals surface area contributed by atoms with Gasteiger partial charge in [-0.1, -0.05) is 17.3 Å². The monoisotopic (exact) mass is 284 g/mol. The number of benzene rings is 1. The lowest BCUT2D eigenvalue weighted by Crippen LogP contribution is -2.13. The number of amidine groups is 1. The average molecular weight is 284 g/mol. The van der Waals surface area contributed by atoms with Gasteiger partial charge in [0.25, 0.3) is 0 Å². The molecule has 0 saturated heterocycles. The minimum atomic E-state index is -0.360. The van der Waals surface area contributed by atoms with Crippen LogP contribution >= 0.6 is 0 Å². The Morgan fingerprint density at radius 1 is 1.29 bits per heavy atom. The molecule has 0 atom stereocenters. The van der Waals surface area contributed by atoms with Gasteiger partial charge < -0.3 is 15.5 Å². The molecule has 1 aromatic carbocycles. The van der Waals surface area contributed by atoms with Crippen molar-refractivity contribution in [2.45, 2.75) is 6.54 Å². The molecule has 6 heteroatoms. The summed E-state index contributed by atoms with van der Waals surface area (Å²) in [5.74, 6) is -0.307. The molecular formula is C15H13FN4O. The van der Waals surface area contributed by atoms with Gasteiger partial charge in [-0.3, -0.25) is 4.98 Å². The summed E-state index contributed by atoms with van der Waals surface area (Å²) < 4.78 is 15.2. The first-order valence-electron chi connectivity index (χ1n) is 6.33. The molecule has 21 heavy (non-hydrogen) atoms. The van der Waals surface area contributed by atoms with E-state index in [0.717, 1.165) is 16.5 Å². The average Bonchev–Trinajstić information content (AvgIpc) is 2.89. The third-order valence-electron chi connectivity index (χ3n) is 3.29. The van der Waals surface area contributed by atoms with Crippen LogP contribution in [0.3, 0.4) is 0 Å². The van der Waals surface area contributed by atoms with Crippen molar-refractivity contribution in [2.75, 3.05) is 0 Å². The number of nitrogens with two attached hydrogens (primary N) is 1. The van der Waals surface area contributed by atoms with Crippen LogP contribution in [-0.2, 0) is 6.54 Å². The Balaban J connectivity index is 2.02. The summed E-state index contributed by atoms with van der Waals surface area (Å²) in [5, 5.41) is 12.8. The molecule has 0 aliphatic carbocycles. The van der Waals surface area contributed by atoms with Crippen LogP contribution < -0.4 is 5.73 Å². The molecule has 0 amide bonds. The van der Waals surface area contributed by atoms with E-state index >= 15 is 0 Å². The van der Waals surface area contributed by atoms with Crippen molar-refractivity contribution in [3.05, 3.63) is 65.9 Å². The minimum Gasteiger partial charge on any atom is -0.409 e. The van der Waals surface area contributed by atoms with E-state index in [1.165, 1.54) is 12.3 Å². The van der Waals surface area contributed by atoms with Crippen molar-refractivity contribution in [1.82, 2.24) is 9.55 Å². The highest BCUT2D eigenvalue weighted by Gasteiger charge is 2.06. The summed E-state index contributed by atoms with van der Waals surface area (Å²) in [7, 11) is 0. The van der Waals surface area contributed by atoms with Crippen LogP contribution in [0.1, 0.15) is 11.1 Å². The van der Waals surface area contributed by atoms with E-state index in [4.69, 9.17) is 10.9 Å². The van der Waals surface area contributed by atoms with Gasteiger partial charge in [0, 0.05) is 30.0 Å². The molecule has 0 radical (unpaired) electrons. The fourth-order valence-corrected chi connectivity index (χ4v) is 2.28. The number of pyridine rings is 1. The molecular weight excluding hydrogens is 271 g/mol. The van der Waals surface area contributed by atoms with Gasteiger partial charge in [0.1, 0.15) is 5.82 Å². The molecule has 2 aromatic heterocycles. The van der Waals surface area contributed by atoms with Crippen LogP contribution in [0.15, 0.2) is 54.1 Å². The number of halogens is 1. The lowest BCUT2D eigenvalue weighted by molar-refractivity contribution is 0.318. The smallest absolute Gasteiger partial charge is 0.170 e. The Kier molecular flexibility index (Phi) is 3.27. The number of aromatic nitrogens is 2. The Labute approximate surface area is 120 Å². The van der Waals surface area contributed by atoms with Crippen molar-refractivity contribution in [1.29, 1.82) is 0 Å². The van der Waals surface area contributed by atoms with Gasteiger partial charge in [-0.15, -0.1) is 0 Å². The number of hydrogen-bond donors (Lipinski definition) is 2. The maximum Gasteiger partial charge on any atom is 0.170 e. The number of fused-ring (bicyclic) bond motifs is 1. The summed E-state index contributed by atoms with van der Waals surface area (Å²) in [6.07, 6.45) is 4.71. The second-order valence-electron chi connectivity index (χ2n) is 4.71. The molecule has 106 valence electrons. The SMILES string of the molecule is N/C(=N/O)c1ccc2ccn(Cc3cncc(F)c3)c2c1. The van der Waals surface area contributed by atoms with E-state index < -0.39 is 0 Å². The van der Waals surface area contributed by atoms with E-state index in [1.54, 1.807) is 12.3 Å². The van der Waals surface area contributed by atoms with Crippen LogP contribution in [0.5, 0.6) is 0 Å². The zero-order valence-corrected chi connectivity index (χ0v) is 11.1. The topological polar surface area (TPSA) is 76.4 Å². The van der Waals surface area contributed by atoms with Crippen LogP contribution in [0.2, 0.25) is 0 Å². The molecule has 0 spiro atoms. The Morgan fingerprint density at radius 2 is 2.14 bits per heavy atom. The molecule has 0 fully saturated rings. The molecule has 0 aliphatic rings. The summed E-state index contributed by atoms with van der Waals surface area (Å²) in [4.78, 5) is 3.84. The van der Waals surface area contributed by atoms with Crippen molar-refractivity contribution >= 4 is 16.7 Å². The van der Waals surface area contributed by atoms with Crippen LogP contribution in [0, 0.1) is 5.82 Å². The van der Waals surface area contributed by atoms with Gasteiger partial charge in [-0.25, -0.2) is 4.39 Å². The maximum atomic E-state index is 13.2. The highest BCUT2D eigenvalue weighted by atomic mass is 19.1. The molecule has 0 saturated carbocycles. The zero-order chi connectivity index (χ0) is 14.8. The molecule has 3 N–H and O–H groups in total. The fourth-order valence-electron chi connectivity index (χ4n) is 2.28. The Morgan fingerprint density at radius 3 is 2.90 bits per heavy atom. The molecule has 3 aromatic rings. The fraction of sp³-hybridized carbons (Fsp3) is 0.0667. The molecule has 5 nitrogen and oxygen atoms in total. The van der Waals surface area contributed by atoms with E-state index in [0.29, 0.717) is 12.1 Å². The van der Waals surface area contributed by atoms with E-state index in [9.17, 15) is 4.39 Å². The van der Waals surface area contributed by atoms with Crippen molar-refractivity contribution < 1.29 is 9.60 Å². The van der Waals surface area contributed by atoms with Crippen LogP contribution in [0.25, 0.3) is 10.9 Å². The van der Waals surface area contributed by atoms with Crippen LogP contribution in [-0.4, -0.2) is 20.6 Å². The molecule has 0 aliphatic heterocycles. The highest BCUT2D eigenvalue weighted by Crippen LogP contribution is 2.19. The number of hydrogen-bond acceptors (Lipinski definition) is 3. The van der Waals surface area contributed by atoms with Gasteiger partial charge >= 0.3 is 0 Å². The van der Waals surface area contributed by atoms with Gasteiger partial charge in [0.05, 0.1) is 6.20 Å². The summed E-state index contributed by atoms with van der Waals surface area (Å²) >= 11 is 0. The van der Waals surface area contributed by atoms with Gasteiger partial charge in [-0.2, -0.15) is 0 Å². The summed E-state index contributed by atoms with van der Waals surface area (Å²) in [6, 6.07) is 8.91. The minimum absolute atomic E-state index is 0.0528. The molecule has 0 unspecified atom stereocenters. The second kappa shape index (κ2) is 5.24. The van der Waals surface area contributed by atoms with Crippen molar-refractivity contribution in [3.63, 3.8) is 0 Å². The number of rotatable bonds is 3. The van der Waals surface area contributed by atoms with Crippen molar-refractivity contribution in [3.8, 4) is 0 Å². The zero-order valence-electron chi connectivity index (χ0n) is 11.1. The summed E-state index contributed by atoms with van der Waals surface area (Å²) in [5.41, 5.74) is 7.92. The highest BCUT2D eigenvalue weighted by molar-refractivity contribution is 6.00. The first kappa shape index (κ1) is 13.1. The second-order valence-corrected chi connectivity index (χ2v) is 4.71. The molecule has 0 bridgehead atoms. The standard InChI is InChI=1S/C15H13FN4O/c16-13-5-10(7-18-8-13)9-20-4-3-11-1-2-12(6-14(11)20)15(17)19-21/h1-8,21H,9H2,(H2,17,19). The Bertz CT molecular complexity index is 825. The third-order valence-corrected chi connectivity index (χ3v) is 3.29. The van der Waals surface area contributed by atoms with E-state index in [2.05, 4.69) is 10.1 Å². The van der Waals surface area contributed by atoms with E-state index in [-0.39, 0.29) is 11.7 Å². The largest absolute Gasteiger partial charge is 0.409 e. The lowest BCUT2D eigenvalue weighted by atomic mass is 10.1. The Hall–Kier alpha value is -2.89. The predicted molar refractivity (Wildman–Crippen MR) is 77.7 cm³/mol. The third kappa shape index (κ3) is 2.55. The van der Waals surface area contributed by atoms with E-state index in [1.807, 2.05) is 29.0 Å². The quantitative estimate of drug-likeness (QED) is 0.335. The normalized spacial score (nSPS) is 12.0. The number of oxime groups is 1. The first-order valence-corrected chi connectivity index (χ1v) is 6.33. The molecule has 3 rings (SSSR count). The van der Waals surface area contributed by atoms with Gasteiger partial charge in [-0.05, 0) is 29.1 Å². The predicted octanol–water partition coefficient (Wildman–Crippen LogP) is 2.32.